The van der Waals surface area contributed by atoms with E-state index in [0.29, 0.717) is 18.8 Å². The third kappa shape index (κ3) is 2.44. The standard InChI is InChI=1S/C12H14FN3O3/c1-15-2-3-16(6-11(15)17)10-5-8(13)7(12(18)19)4-9(10)14/h4-5H,2-3,6,14H2,1H3,(H,18,19). The maximum absolute atomic E-state index is 13.7. The van der Waals surface area contributed by atoms with E-state index in [2.05, 4.69) is 0 Å². The molecule has 0 aromatic heterocycles. The van der Waals surface area contributed by atoms with Crippen LogP contribution in [0.4, 0.5) is 15.8 Å². The number of carbonyl (C=O) groups excluding carboxylic acids is 1. The van der Waals surface area contributed by atoms with Crippen molar-refractivity contribution in [2.24, 2.45) is 0 Å². The quantitative estimate of drug-likeness (QED) is 0.757. The molecule has 0 spiro atoms. The summed E-state index contributed by atoms with van der Waals surface area (Å²) < 4.78 is 13.7. The lowest BCUT2D eigenvalue weighted by Gasteiger charge is -2.34. The number of nitrogen functional groups attached to an aromatic ring is 1. The smallest absolute Gasteiger partial charge is 0.338 e. The number of nitrogens with zero attached hydrogens (tertiary/aromatic N) is 2. The number of carbonyl (C=O) groups is 2. The van der Waals surface area contributed by atoms with E-state index >= 15 is 0 Å². The van der Waals surface area contributed by atoms with Crippen LogP contribution < -0.4 is 10.6 Å². The van der Waals surface area contributed by atoms with Gasteiger partial charge in [-0.3, -0.25) is 4.79 Å². The van der Waals surface area contributed by atoms with Gasteiger partial charge < -0.3 is 20.6 Å². The fraction of sp³-hybridized carbons (Fsp3) is 0.333. The van der Waals surface area contributed by atoms with Crippen molar-refractivity contribution < 1.29 is 19.1 Å². The topological polar surface area (TPSA) is 86.9 Å². The molecule has 3 N–H and O–H groups in total. The highest BCUT2D eigenvalue weighted by Crippen LogP contribution is 2.27. The zero-order valence-electron chi connectivity index (χ0n) is 10.4. The highest BCUT2D eigenvalue weighted by molar-refractivity contribution is 5.91. The number of hydrogen-bond acceptors (Lipinski definition) is 4. The number of likely N-dealkylation sites (N-methyl/N-ethyl adjacent to an activating group) is 1. The van der Waals surface area contributed by atoms with Crippen molar-refractivity contribution >= 4 is 23.3 Å². The molecule has 1 fully saturated rings. The zero-order valence-corrected chi connectivity index (χ0v) is 10.4. The molecule has 2 rings (SSSR count). The van der Waals surface area contributed by atoms with Gasteiger partial charge in [-0.2, -0.15) is 0 Å². The van der Waals surface area contributed by atoms with Crippen LogP contribution in [0.5, 0.6) is 0 Å². The fourth-order valence-corrected chi connectivity index (χ4v) is 1.98. The fourth-order valence-electron chi connectivity index (χ4n) is 1.98. The van der Waals surface area contributed by atoms with E-state index in [1.807, 2.05) is 0 Å². The van der Waals surface area contributed by atoms with Crippen molar-refractivity contribution in [3.05, 3.63) is 23.5 Å². The number of carboxylic acid groups (broad SMARTS) is 1. The highest BCUT2D eigenvalue weighted by atomic mass is 19.1. The number of halogens is 1. The van der Waals surface area contributed by atoms with Crippen LogP contribution in [-0.2, 0) is 4.79 Å². The van der Waals surface area contributed by atoms with E-state index in [1.165, 1.54) is 0 Å². The van der Waals surface area contributed by atoms with E-state index in [9.17, 15) is 14.0 Å². The van der Waals surface area contributed by atoms with Crippen LogP contribution in [0, 0.1) is 5.82 Å². The highest BCUT2D eigenvalue weighted by Gasteiger charge is 2.24. The van der Waals surface area contributed by atoms with Crippen LogP contribution >= 0.6 is 0 Å². The number of piperazine rings is 1. The van der Waals surface area contributed by atoms with Crippen molar-refractivity contribution in [2.75, 3.05) is 37.3 Å². The molecule has 0 unspecified atom stereocenters. The lowest BCUT2D eigenvalue weighted by molar-refractivity contribution is -0.129. The number of aromatic carboxylic acids is 1. The molecule has 6 nitrogen and oxygen atoms in total. The first-order valence-electron chi connectivity index (χ1n) is 5.71. The van der Waals surface area contributed by atoms with Crippen molar-refractivity contribution in [2.45, 2.75) is 0 Å². The number of hydrogen-bond donors (Lipinski definition) is 2. The number of nitrogens with two attached hydrogens (primary N) is 1. The summed E-state index contributed by atoms with van der Waals surface area (Å²) in [6.45, 7) is 1.14. The molecule has 7 heteroatoms. The molecule has 0 aliphatic carbocycles. The number of anilines is 2. The molecule has 1 aromatic carbocycles. The second kappa shape index (κ2) is 4.75. The summed E-state index contributed by atoms with van der Waals surface area (Å²) in [6, 6.07) is 2.15. The minimum atomic E-state index is -1.37. The van der Waals surface area contributed by atoms with Crippen LogP contribution in [0.2, 0.25) is 0 Å². The Hall–Kier alpha value is -2.31. The predicted octanol–water partition coefficient (Wildman–Crippen LogP) is 0.385. The summed E-state index contributed by atoms with van der Waals surface area (Å²) in [5, 5.41) is 8.80. The number of benzene rings is 1. The molecule has 1 heterocycles. The molecular weight excluding hydrogens is 253 g/mol. The first-order valence-corrected chi connectivity index (χ1v) is 5.71. The summed E-state index contributed by atoms with van der Waals surface area (Å²) in [5.41, 5.74) is 5.77. The molecule has 0 radical (unpaired) electrons. The SMILES string of the molecule is CN1CCN(c2cc(F)c(C(=O)O)cc2N)CC1=O. The largest absolute Gasteiger partial charge is 0.478 e. The van der Waals surface area contributed by atoms with Crippen LogP contribution in [-0.4, -0.2) is 48.6 Å². The molecule has 1 amide bonds. The van der Waals surface area contributed by atoms with Crippen LogP contribution in [0.25, 0.3) is 0 Å². The first-order chi connectivity index (χ1) is 8.90. The number of rotatable bonds is 2. The monoisotopic (exact) mass is 267 g/mol. The summed E-state index contributed by atoms with van der Waals surface area (Å²) in [6.07, 6.45) is 0. The Labute approximate surface area is 109 Å². The van der Waals surface area contributed by atoms with Gasteiger partial charge in [0.2, 0.25) is 5.91 Å². The molecule has 0 bridgehead atoms. The van der Waals surface area contributed by atoms with Gasteiger partial charge in [-0.25, -0.2) is 9.18 Å². The van der Waals surface area contributed by atoms with Crippen molar-refractivity contribution in [3.63, 3.8) is 0 Å². The number of carboxylic acids is 1. The van der Waals surface area contributed by atoms with Gasteiger partial charge in [-0.1, -0.05) is 0 Å². The Morgan fingerprint density at radius 1 is 1.42 bits per heavy atom. The van der Waals surface area contributed by atoms with Gasteiger partial charge in [0.1, 0.15) is 5.82 Å². The van der Waals surface area contributed by atoms with Gasteiger partial charge in [0.25, 0.3) is 0 Å². The second-order valence-electron chi connectivity index (χ2n) is 4.43. The zero-order chi connectivity index (χ0) is 14.2. The van der Waals surface area contributed by atoms with E-state index in [4.69, 9.17) is 10.8 Å². The molecule has 102 valence electrons. The number of amides is 1. The summed E-state index contributed by atoms with van der Waals surface area (Å²) >= 11 is 0. The molecule has 1 aromatic rings. The van der Waals surface area contributed by atoms with E-state index < -0.39 is 17.3 Å². The van der Waals surface area contributed by atoms with Crippen molar-refractivity contribution in [1.82, 2.24) is 4.90 Å². The van der Waals surface area contributed by atoms with E-state index in [1.54, 1.807) is 16.8 Å². The normalized spacial score (nSPS) is 15.8. The molecule has 1 saturated heterocycles. The van der Waals surface area contributed by atoms with E-state index in [0.717, 1.165) is 12.1 Å². The van der Waals surface area contributed by atoms with Crippen LogP contribution in [0.1, 0.15) is 10.4 Å². The Kier molecular flexibility index (Phi) is 3.28. The first kappa shape index (κ1) is 13.1. The average molecular weight is 267 g/mol. The molecule has 1 aliphatic heterocycles. The average Bonchev–Trinajstić information content (AvgIpc) is 2.35. The summed E-state index contributed by atoms with van der Waals surface area (Å²) in [4.78, 5) is 25.6. The lowest BCUT2D eigenvalue weighted by Crippen LogP contribution is -2.48. The van der Waals surface area contributed by atoms with Gasteiger partial charge in [-0.05, 0) is 6.07 Å². The maximum Gasteiger partial charge on any atom is 0.338 e. The molecule has 0 saturated carbocycles. The van der Waals surface area contributed by atoms with Crippen LogP contribution in [0.15, 0.2) is 12.1 Å². The van der Waals surface area contributed by atoms with Gasteiger partial charge in [0, 0.05) is 26.2 Å². The lowest BCUT2D eigenvalue weighted by atomic mass is 10.1. The van der Waals surface area contributed by atoms with Crippen LogP contribution in [0.3, 0.4) is 0 Å². The van der Waals surface area contributed by atoms with E-state index in [-0.39, 0.29) is 18.1 Å². The molecule has 0 atom stereocenters. The third-order valence-corrected chi connectivity index (χ3v) is 3.14. The van der Waals surface area contributed by atoms with Crippen molar-refractivity contribution in [3.8, 4) is 0 Å². The minimum absolute atomic E-state index is 0.0895. The van der Waals surface area contributed by atoms with Gasteiger partial charge in [0.15, 0.2) is 0 Å². The Bertz CT molecular complexity index is 547. The van der Waals surface area contributed by atoms with Gasteiger partial charge >= 0.3 is 5.97 Å². The Morgan fingerprint density at radius 2 is 2.11 bits per heavy atom. The minimum Gasteiger partial charge on any atom is -0.478 e. The second-order valence-corrected chi connectivity index (χ2v) is 4.43. The molecule has 19 heavy (non-hydrogen) atoms. The van der Waals surface area contributed by atoms with Gasteiger partial charge in [0.05, 0.1) is 23.5 Å². The molecule has 1 aliphatic rings. The van der Waals surface area contributed by atoms with Crippen molar-refractivity contribution in [1.29, 1.82) is 0 Å². The molecular formula is C12H14FN3O3. The summed E-state index contributed by atoms with van der Waals surface area (Å²) in [7, 11) is 1.69. The Morgan fingerprint density at radius 3 is 2.68 bits per heavy atom. The third-order valence-electron chi connectivity index (χ3n) is 3.14. The predicted molar refractivity (Wildman–Crippen MR) is 67.6 cm³/mol. The van der Waals surface area contributed by atoms with Gasteiger partial charge in [-0.15, -0.1) is 0 Å². The Balaban J connectivity index is 2.33. The maximum atomic E-state index is 13.7. The summed E-state index contributed by atoms with van der Waals surface area (Å²) in [5.74, 6) is -2.32.